The Kier molecular flexibility index (Phi) is 7.06. The number of nitrogens with one attached hydrogen (secondary N) is 1. The Labute approximate surface area is 167 Å². The first-order chi connectivity index (χ1) is 13.0. The van der Waals surface area contributed by atoms with Gasteiger partial charge in [0.05, 0.1) is 4.90 Å². The van der Waals surface area contributed by atoms with Crippen LogP contribution in [0.2, 0.25) is 0 Å². The van der Waals surface area contributed by atoms with Gasteiger partial charge in [0.25, 0.3) is 0 Å². The van der Waals surface area contributed by atoms with E-state index in [4.69, 9.17) is 4.74 Å². The van der Waals surface area contributed by atoms with Crippen molar-refractivity contribution in [2.24, 2.45) is 0 Å². The maximum absolute atomic E-state index is 13.5. The predicted molar refractivity (Wildman–Crippen MR) is 105 cm³/mol. The number of benzene rings is 2. The predicted octanol–water partition coefficient (Wildman–Crippen LogP) is 4.62. The van der Waals surface area contributed by atoms with E-state index in [9.17, 15) is 21.6 Å². The molecule has 0 saturated carbocycles. The van der Waals surface area contributed by atoms with Gasteiger partial charge in [-0.3, -0.25) is 0 Å². The Morgan fingerprint density at radius 2 is 1.68 bits per heavy atom. The van der Waals surface area contributed by atoms with E-state index in [0.29, 0.717) is 16.0 Å². The Morgan fingerprint density at radius 1 is 1.11 bits per heavy atom. The summed E-state index contributed by atoms with van der Waals surface area (Å²) in [5.41, 5.74) is 1.61. The van der Waals surface area contributed by atoms with E-state index in [1.807, 2.05) is 0 Å². The van der Waals surface area contributed by atoms with Crippen LogP contribution in [0.4, 0.5) is 13.2 Å². The van der Waals surface area contributed by atoms with Crippen molar-refractivity contribution >= 4 is 21.8 Å². The maximum atomic E-state index is 13.5. The molecule has 154 valence electrons. The number of halogens is 3. The third-order valence-corrected chi connectivity index (χ3v) is 6.59. The number of rotatable bonds is 7. The average molecular weight is 434 g/mol. The number of thioether (sulfide) groups is 1. The van der Waals surface area contributed by atoms with E-state index < -0.39 is 28.8 Å². The van der Waals surface area contributed by atoms with Crippen molar-refractivity contribution in [1.82, 2.24) is 4.72 Å². The molecule has 28 heavy (non-hydrogen) atoms. The number of aryl methyl sites for hydroxylation is 3. The van der Waals surface area contributed by atoms with Crippen LogP contribution in [0.25, 0.3) is 0 Å². The Hall–Kier alpha value is -1.71. The second-order valence-electron chi connectivity index (χ2n) is 6.41. The van der Waals surface area contributed by atoms with Crippen molar-refractivity contribution in [3.8, 4) is 5.75 Å². The molecule has 4 nitrogen and oxygen atoms in total. The molecular weight excluding hydrogens is 411 g/mol. The lowest BCUT2D eigenvalue weighted by Crippen LogP contribution is -2.49. The van der Waals surface area contributed by atoms with Crippen molar-refractivity contribution in [2.45, 2.75) is 42.8 Å². The zero-order chi connectivity index (χ0) is 21.1. The van der Waals surface area contributed by atoms with Gasteiger partial charge in [0.2, 0.25) is 10.0 Å². The highest BCUT2D eigenvalue weighted by atomic mass is 32.2. The SMILES string of the molecule is CSc1ccccc1OCC(NS(=O)(=O)c1c(C)cc(C)cc1C)C(F)(F)F. The van der Waals surface area contributed by atoms with Crippen molar-refractivity contribution in [3.63, 3.8) is 0 Å². The summed E-state index contributed by atoms with van der Waals surface area (Å²) in [5.74, 6) is 0.270. The molecule has 0 aliphatic heterocycles. The minimum atomic E-state index is -4.81. The molecule has 9 heteroatoms. The highest BCUT2D eigenvalue weighted by Crippen LogP contribution is 2.29. The minimum Gasteiger partial charge on any atom is -0.490 e. The summed E-state index contributed by atoms with van der Waals surface area (Å²) in [4.78, 5) is 0.522. The Bertz CT molecular complexity index is 921. The van der Waals surface area contributed by atoms with Crippen molar-refractivity contribution in [1.29, 1.82) is 0 Å². The second-order valence-corrected chi connectivity index (χ2v) is 8.90. The molecule has 0 radical (unpaired) electrons. The van der Waals surface area contributed by atoms with Gasteiger partial charge in [-0.05, 0) is 50.3 Å². The van der Waals surface area contributed by atoms with Gasteiger partial charge in [-0.1, -0.05) is 29.8 Å². The van der Waals surface area contributed by atoms with Crippen LogP contribution in [-0.4, -0.2) is 33.5 Å². The van der Waals surface area contributed by atoms with Crippen LogP contribution in [0.15, 0.2) is 46.2 Å². The molecule has 1 atom stereocenters. The molecule has 1 N–H and O–H groups in total. The molecule has 2 rings (SSSR count). The van der Waals surface area contributed by atoms with Gasteiger partial charge in [-0.2, -0.15) is 17.9 Å². The van der Waals surface area contributed by atoms with E-state index >= 15 is 0 Å². The van der Waals surface area contributed by atoms with Gasteiger partial charge in [0.15, 0.2) is 6.04 Å². The van der Waals surface area contributed by atoms with Gasteiger partial charge in [0, 0.05) is 4.90 Å². The lowest BCUT2D eigenvalue weighted by molar-refractivity contribution is -0.157. The molecule has 0 bridgehead atoms. The monoisotopic (exact) mass is 433 g/mol. The molecule has 1 unspecified atom stereocenters. The first-order valence-corrected chi connectivity index (χ1v) is 11.1. The Balaban J connectivity index is 2.30. The molecule has 0 spiro atoms. The molecule has 0 aliphatic rings. The lowest BCUT2D eigenvalue weighted by atomic mass is 10.1. The largest absolute Gasteiger partial charge is 0.490 e. The summed E-state index contributed by atoms with van der Waals surface area (Å²) in [5, 5.41) is 0. The number of alkyl halides is 3. The van der Waals surface area contributed by atoms with Crippen LogP contribution in [-0.2, 0) is 10.0 Å². The number of ether oxygens (including phenoxy) is 1. The topological polar surface area (TPSA) is 55.4 Å². The van der Waals surface area contributed by atoms with E-state index in [1.54, 1.807) is 68.1 Å². The zero-order valence-electron chi connectivity index (χ0n) is 15.9. The van der Waals surface area contributed by atoms with Crippen molar-refractivity contribution in [3.05, 3.63) is 53.1 Å². The van der Waals surface area contributed by atoms with Gasteiger partial charge in [-0.25, -0.2) is 8.42 Å². The van der Waals surface area contributed by atoms with Crippen LogP contribution < -0.4 is 9.46 Å². The third-order valence-electron chi connectivity index (χ3n) is 4.04. The third kappa shape index (κ3) is 5.42. The van der Waals surface area contributed by atoms with E-state index in [-0.39, 0.29) is 10.6 Å². The second kappa shape index (κ2) is 8.75. The van der Waals surface area contributed by atoms with E-state index in [2.05, 4.69) is 0 Å². The first kappa shape index (κ1) is 22.6. The van der Waals surface area contributed by atoms with Gasteiger partial charge < -0.3 is 4.74 Å². The summed E-state index contributed by atoms with van der Waals surface area (Å²) in [6, 6.07) is 7.50. The lowest BCUT2D eigenvalue weighted by Gasteiger charge is -2.23. The van der Waals surface area contributed by atoms with Crippen LogP contribution in [0.5, 0.6) is 5.75 Å². The summed E-state index contributed by atoms with van der Waals surface area (Å²) in [6.45, 7) is 4.04. The fraction of sp³-hybridized carbons (Fsp3) is 0.368. The molecule has 2 aromatic rings. The molecule has 0 aromatic heterocycles. The molecule has 0 fully saturated rings. The summed E-state index contributed by atoms with van der Waals surface area (Å²) in [7, 11) is -4.40. The molecule has 0 aliphatic carbocycles. The van der Waals surface area contributed by atoms with Gasteiger partial charge in [0.1, 0.15) is 12.4 Å². The van der Waals surface area contributed by atoms with Crippen molar-refractivity contribution in [2.75, 3.05) is 12.9 Å². The quantitative estimate of drug-likeness (QED) is 0.648. The smallest absolute Gasteiger partial charge is 0.408 e. The highest BCUT2D eigenvalue weighted by molar-refractivity contribution is 7.98. The fourth-order valence-electron chi connectivity index (χ4n) is 2.94. The molecule has 0 saturated heterocycles. The number of hydrogen-bond donors (Lipinski definition) is 1. The zero-order valence-corrected chi connectivity index (χ0v) is 17.6. The normalized spacial score (nSPS) is 13.4. The fourth-order valence-corrected chi connectivity index (χ4v) is 5.15. The minimum absolute atomic E-state index is 0.142. The summed E-state index contributed by atoms with van der Waals surface area (Å²) in [6.07, 6.45) is -3.04. The van der Waals surface area contributed by atoms with Gasteiger partial charge in [-0.15, -0.1) is 11.8 Å². The number of sulfonamides is 1. The molecule has 0 amide bonds. The number of para-hydroxylation sites is 1. The summed E-state index contributed by atoms with van der Waals surface area (Å²) < 4.78 is 73.0. The molecule has 2 aromatic carbocycles. The first-order valence-electron chi connectivity index (χ1n) is 8.38. The van der Waals surface area contributed by atoms with Crippen LogP contribution in [0.3, 0.4) is 0 Å². The Morgan fingerprint density at radius 3 is 2.21 bits per heavy atom. The van der Waals surface area contributed by atoms with E-state index in [0.717, 1.165) is 5.56 Å². The van der Waals surface area contributed by atoms with Crippen LogP contribution >= 0.6 is 11.8 Å². The average Bonchev–Trinajstić information content (AvgIpc) is 2.56. The molecular formula is C19H22F3NO3S2. The summed E-state index contributed by atoms with van der Waals surface area (Å²) >= 11 is 1.32. The molecule has 0 heterocycles. The van der Waals surface area contributed by atoms with Crippen LogP contribution in [0, 0.1) is 20.8 Å². The van der Waals surface area contributed by atoms with Crippen molar-refractivity contribution < 1.29 is 26.3 Å². The van der Waals surface area contributed by atoms with Gasteiger partial charge >= 0.3 is 6.18 Å². The van der Waals surface area contributed by atoms with Crippen LogP contribution in [0.1, 0.15) is 16.7 Å². The standard InChI is InChI=1S/C19H22F3NO3S2/c1-12-9-13(2)18(14(3)10-12)28(24,25)23-17(19(20,21)22)11-26-15-7-5-6-8-16(15)27-4/h5-10,17,23H,11H2,1-4H3. The number of hydrogen-bond acceptors (Lipinski definition) is 4. The van der Waals surface area contributed by atoms with E-state index in [1.165, 1.54) is 11.8 Å². The maximum Gasteiger partial charge on any atom is 0.408 e. The highest BCUT2D eigenvalue weighted by Gasteiger charge is 2.43.